The quantitative estimate of drug-likeness (QED) is 0.919. The fraction of sp³-hybridized carbons (Fsp3) is 0.316. The fourth-order valence-corrected chi connectivity index (χ4v) is 2.79. The second-order valence-electron chi connectivity index (χ2n) is 6.19. The van der Waals surface area contributed by atoms with E-state index in [1.54, 1.807) is 30.5 Å². The number of pyridine rings is 1. The fourth-order valence-electron chi connectivity index (χ4n) is 2.79. The van der Waals surface area contributed by atoms with Crippen molar-refractivity contribution in [1.29, 1.82) is 5.26 Å². The van der Waals surface area contributed by atoms with Crippen LogP contribution in [0.1, 0.15) is 21.5 Å². The third-order valence-corrected chi connectivity index (χ3v) is 4.34. The van der Waals surface area contributed by atoms with Gasteiger partial charge in [0, 0.05) is 44.5 Å². The SMILES string of the molecule is CN1CCN(c2cc(CNC(=O)c3cccc(C#N)c3)ccn2)CC1. The van der Waals surface area contributed by atoms with Gasteiger partial charge in [-0.2, -0.15) is 5.26 Å². The molecule has 1 saturated heterocycles. The molecular formula is C19H21N5O. The molecule has 6 heteroatoms. The number of benzene rings is 1. The minimum atomic E-state index is -0.185. The molecular weight excluding hydrogens is 314 g/mol. The smallest absolute Gasteiger partial charge is 0.251 e. The van der Waals surface area contributed by atoms with Gasteiger partial charge in [-0.05, 0) is 42.9 Å². The number of likely N-dealkylation sites (N-methyl/N-ethyl adjacent to an activating group) is 1. The van der Waals surface area contributed by atoms with E-state index in [4.69, 9.17) is 5.26 Å². The maximum absolute atomic E-state index is 12.3. The number of hydrogen-bond donors (Lipinski definition) is 1. The van der Waals surface area contributed by atoms with Gasteiger partial charge in [0.1, 0.15) is 5.82 Å². The third-order valence-electron chi connectivity index (χ3n) is 4.34. The van der Waals surface area contributed by atoms with Gasteiger partial charge < -0.3 is 15.1 Å². The summed E-state index contributed by atoms with van der Waals surface area (Å²) in [7, 11) is 2.12. The Balaban J connectivity index is 1.62. The first-order chi connectivity index (χ1) is 12.2. The summed E-state index contributed by atoms with van der Waals surface area (Å²) < 4.78 is 0. The molecule has 0 aliphatic carbocycles. The zero-order valence-corrected chi connectivity index (χ0v) is 14.3. The molecule has 1 fully saturated rings. The van der Waals surface area contributed by atoms with E-state index in [9.17, 15) is 4.79 Å². The predicted octanol–water partition coefficient (Wildman–Crippen LogP) is 1.64. The van der Waals surface area contributed by atoms with Gasteiger partial charge in [0.15, 0.2) is 0 Å². The Morgan fingerprint density at radius 2 is 2.04 bits per heavy atom. The van der Waals surface area contributed by atoms with Crippen LogP contribution in [0.15, 0.2) is 42.6 Å². The van der Waals surface area contributed by atoms with Crippen LogP contribution in [-0.2, 0) is 6.54 Å². The first-order valence-electron chi connectivity index (χ1n) is 8.32. The molecule has 0 bridgehead atoms. The molecule has 1 amide bonds. The second kappa shape index (κ2) is 7.77. The van der Waals surface area contributed by atoms with Gasteiger partial charge in [-0.15, -0.1) is 0 Å². The van der Waals surface area contributed by atoms with Gasteiger partial charge in [-0.1, -0.05) is 6.07 Å². The molecule has 128 valence electrons. The zero-order chi connectivity index (χ0) is 17.6. The molecule has 1 aromatic heterocycles. The lowest BCUT2D eigenvalue weighted by molar-refractivity contribution is 0.0951. The maximum Gasteiger partial charge on any atom is 0.251 e. The monoisotopic (exact) mass is 335 g/mol. The van der Waals surface area contributed by atoms with Crippen LogP contribution < -0.4 is 10.2 Å². The lowest BCUT2D eigenvalue weighted by Crippen LogP contribution is -2.44. The molecule has 1 N–H and O–H groups in total. The minimum absolute atomic E-state index is 0.185. The predicted molar refractivity (Wildman–Crippen MR) is 96.3 cm³/mol. The summed E-state index contributed by atoms with van der Waals surface area (Å²) in [5.41, 5.74) is 1.98. The number of carbonyl (C=O) groups is 1. The van der Waals surface area contributed by atoms with E-state index in [-0.39, 0.29) is 5.91 Å². The average Bonchev–Trinajstić information content (AvgIpc) is 2.67. The Hall–Kier alpha value is -2.91. The molecule has 25 heavy (non-hydrogen) atoms. The highest BCUT2D eigenvalue weighted by atomic mass is 16.1. The summed E-state index contributed by atoms with van der Waals surface area (Å²) >= 11 is 0. The zero-order valence-electron chi connectivity index (χ0n) is 14.3. The van der Waals surface area contributed by atoms with Crippen molar-refractivity contribution in [2.45, 2.75) is 6.54 Å². The molecule has 0 radical (unpaired) electrons. The summed E-state index contributed by atoms with van der Waals surface area (Å²) in [6.45, 7) is 4.40. The van der Waals surface area contributed by atoms with Crippen molar-refractivity contribution in [2.75, 3.05) is 38.1 Å². The molecule has 3 rings (SSSR count). The highest BCUT2D eigenvalue weighted by Gasteiger charge is 2.15. The molecule has 2 aromatic rings. The number of anilines is 1. The number of aromatic nitrogens is 1. The largest absolute Gasteiger partial charge is 0.354 e. The lowest BCUT2D eigenvalue weighted by Gasteiger charge is -2.33. The van der Waals surface area contributed by atoms with Crippen LogP contribution in [0, 0.1) is 11.3 Å². The van der Waals surface area contributed by atoms with Gasteiger partial charge >= 0.3 is 0 Å². The van der Waals surface area contributed by atoms with Crippen molar-refractivity contribution >= 4 is 11.7 Å². The first-order valence-corrected chi connectivity index (χ1v) is 8.32. The molecule has 1 aliphatic heterocycles. The molecule has 1 aromatic carbocycles. The number of rotatable bonds is 4. The van der Waals surface area contributed by atoms with Crippen molar-refractivity contribution in [3.05, 3.63) is 59.3 Å². The highest BCUT2D eigenvalue weighted by molar-refractivity contribution is 5.94. The standard InChI is InChI=1S/C19H21N5O/c1-23-7-9-24(10-8-23)18-12-16(5-6-21-18)14-22-19(25)17-4-2-3-15(11-17)13-20/h2-6,11-12H,7-10,14H2,1H3,(H,22,25). The molecule has 0 saturated carbocycles. The summed E-state index contributed by atoms with van der Waals surface area (Å²) in [5, 5.41) is 11.8. The number of nitriles is 1. The Labute approximate surface area is 147 Å². The summed E-state index contributed by atoms with van der Waals surface area (Å²) in [6, 6.07) is 12.7. The van der Waals surface area contributed by atoms with Gasteiger partial charge in [-0.25, -0.2) is 4.98 Å². The number of nitrogens with zero attached hydrogens (tertiary/aromatic N) is 4. The van der Waals surface area contributed by atoms with Crippen molar-refractivity contribution in [1.82, 2.24) is 15.2 Å². The minimum Gasteiger partial charge on any atom is -0.354 e. The van der Waals surface area contributed by atoms with Crippen molar-refractivity contribution < 1.29 is 4.79 Å². The molecule has 0 atom stereocenters. The number of carbonyl (C=O) groups excluding carboxylic acids is 1. The average molecular weight is 335 g/mol. The van der Waals surface area contributed by atoms with Gasteiger partial charge in [0.2, 0.25) is 0 Å². The van der Waals surface area contributed by atoms with E-state index in [0.29, 0.717) is 17.7 Å². The Morgan fingerprint density at radius 1 is 1.24 bits per heavy atom. The molecule has 2 heterocycles. The van der Waals surface area contributed by atoms with Crippen LogP contribution in [0.4, 0.5) is 5.82 Å². The van der Waals surface area contributed by atoms with E-state index >= 15 is 0 Å². The van der Waals surface area contributed by atoms with E-state index < -0.39 is 0 Å². The van der Waals surface area contributed by atoms with Crippen molar-refractivity contribution in [2.24, 2.45) is 0 Å². The number of piperazine rings is 1. The Kier molecular flexibility index (Phi) is 5.26. The number of hydrogen-bond acceptors (Lipinski definition) is 5. The molecule has 0 spiro atoms. The second-order valence-corrected chi connectivity index (χ2v) is 6.19. The van der Waals surface area contributed by atoms with Crippen LogP contribution in [0.2, 0.25) is 0 Å². The third kappa shape index (κ3) is 4.34. The van der Waals surface area contributed by atoms with E-state index in [0.717, 1.165) is 37.6 Å². The molecule has 0 unspecified atom stereocenters. The van der Waals surface area contributed by atoms with E-state index in [2.05, 4.69) is 27.1 Å². The number of nitrogens with one attached hydrogen (secondary N) is 1. The summed E-state index contributed by atoms with van der Waals surface area (Å²) in [4.78, 5) is 21.3. The van der Waals surface area contributed by atoms with Crippen LogP contribution in [0.3, 0.4) is 0 Å². The van der Waals surface area contributed by atoms with Crippen LogP contribution in [0.5, 0.6) is 0 Å². The van der Waals surface area contributed by atoms with E-state index in [1.165, 1.54) is 0 Å². The van der Waals surface area contributed by atoms with Crippen molar-refractivity contribution in [3.63, 3.8) is 0 Å². The van der Waals surface area contributed by atoms with Gasteiger partial charge in [0.05, 0.1) is 11.6 Å². The first kappa shape index (κ1) is 16.9. The van der Waals surface area contributed by atoms with E-state index in [1.807, 2.05) is 18.2 Å². The maximum atomic E-state index is 12.3. The van der Waals surface area contributed by atoms with Crippen LogP contribution >= 0.6 is 0 Å². The lowest BCUT2D eigenvalue weighted by atomic mass is 10.1. The Bertz CT molecular complexity index is 790. The Morgan fingerprint density at radius 3 is 2.80 bits per heavy atom. The van der Waals surface area contributed by atoms with Gasteiger partial charge in [-0.3, -0.25) is 4.79 Å². The van der Waals surface area contributed by atoms with Crippen LogP contribution in [0.25, 0.3) is 0 Å². The van der Waals surface area contributed by atoms with Gasteiger partial charge in [0.25, 0.3) is 5.91 Å². The number of amides is 1. The molecule has 6 nitrogen and oxygen atoms in total. The summed E-state index contributed by atoms with van der Waals surface area (Å²) in [6.07, 6.45) is 1.78. The summed E-state index contributed by atoms with van der Waals surface area (Å²) in [5.74, 6) is 0.765. The molecule has 1 aliphatic rings. The van der Waals surface area contributed by atoms with Crippen LogP contribution in [-0.4, -0.2) is 49.0 Å². The normalized spacial score (nSPS) is 14.8. The topological polar surface area (TPSA) is 72.3 Å². The highest BCUT2D eigenvalue weighted by Crippen LogP contribution is 2.15. The van der Waals surface area contributed by atoms with Crippen molar-refractivity contribution in [3.8, 4) is 6.07 Å².